The molecule has 3 rings (SSSR count). The Morgan fingerprint density at radius 3 is 2.42 bits per heavy atom. The van der Waals surface area contributed by atoms with Gasteiger partial charge in [0.05, 0.1) is 22.5 Å². The van der Waals surface area contributed by atoms with Crippen LogP contribution in [0.2, 0.25) is 0 Å². The summed E-state index contributed by atoms with van der Waals surface area (Å²) in [6.45, 7) is 0.0718. The van der Waals surface area contributed by atoms with Crippen molar-refractivity contribution in [1.29, 1.82) is 5.26 Å². The maximum absolute atomic E-state index is 12.7. The van der Waals surface area contributed by atoms with Crippen molar-refractivity contribution in [3.63, 3.8) is 0 Å². The lowest BCUT2D eigenvalue weighted by Gasteiger charge is -2.08. The minimum absolute atomic E-state index is 0. The number of fused-ring (bicyclic) bond motifs is 1. The van der Waals surface area contributed by atoms with Crippen LogP contribution in [-0.2, 0) is 12.7 Å². The van der Waals surface area contributed by atoms with Crippen LogP contribution in [0.15, 0.2) is 42.5 Å². The van der Waals surface area contributed by atoms with Crippen LogP contribution in [0.3, 0.4) is 0 Å². The summed E-state index contributed by atoms with van der Waals surface area (Å²) in [6, 6.07) is 11.7. The molecule has 0 bridgehead atoms. The van der Waals surface area contributed by atoms with E-state index in [9.17, 15) is 13.2 Å². The highest BCUT2D eigenvalue weighted by Crippen LogP contribution is 2.31. The van der Waals surface area contributed by atoms with E-state index in [1.165, 1.54) is 16.8 Å². The fraction of sp³-hybridized carbons (Fsp3) is 0.176. The average Bonchev–Trinajstić information content (AvgIpc) is 2.97. The second-order valence-corrected chi connectivity index (χ2v) is 5.23. The molecule has 5 nitrogen and oxygen atoms in total. The molecule has 1 aromatic heterocycles. The molecule has 2 aromatic carbocycles. The fourth-order valence-electron chi connectivity index (χ4n) is 2.50. The summed E-state index contributed by atoms with van der Waals surface area (Å²) in [5.74, 6) is 0.496. The lowest BCUT2D eigenvalue weighted by Crippen LogP contribution is -2.05. The van der Waals surface area contributed by atoms with Crippen molar-refractivity contribution in [2.24, 2.45) is 5.73 Å². The third-order valence-corrected chi connectivity index (χ3v) is 3.66. The second kappa shape index (κ2) is 7.64. The van der Waals surface area contributed by atoms with Gasteiger partial charge in [-0.25, -0.2) is 4.68 Å². The quantitative estimate of drug-likeness (QED) is 0.744. The van der Waals surface area contributed by atoms with Gasteiger partial charge in [-0.3, -0.25) is 0 Å². The maximum atomic E-state index is 12.7. The van der Waals surface area contributed by atoms with Gasteiger partial charge >= 0.3 is 6.18 Å². The number of benzene rings is 2. The van der Waals surface area contributed by atoms with Crippen LogP contribution in [0.1, 0.15) is 11.3 Å². The normalized spacial score (nSPS) is 11.0. The highest BCUT2D eigenvalue weighted by molar-refractivity contribution is 5.85. The van der Waals surface area contributed by atoms with Gasteiger partial charge in [0, 0.05) is 11.9 Å². The molecule has 0 fully saturated rings. The first-order valence-corrected chi connectivity index (χ1v) is 7.33. The smallest absolute Gasteiger partial charge is 0.416 e. The number of aromatic nitrogens is 2. The largest absolute Gasteiger partial charge is 0.479 e. The number of nitrogens with two attached hydrogens (primary N) is 1. The summed E-state index contributed by atoms with van der Waals surface area (Å²) in [4.78, 5) is 0. The zero-order chi connectivity index (χ0) is 18.0. The molecular formula is C17H14ClF3N4O. The minimum atomic E-state index is -4.39. The SMILES string of the molecule is Cl.N#CCOc1ccc2c(c1)c(CN)nn2-c1ccc(C(F)(F)F)cc1. The number of nitrogens with zero attached hydrogens (tertiary/aromatic N) is 3. The number of alkyl halides is 3. The van der Waals surface area contributed by atoms with Crippen LogP contribution < -0.4 is 10.5 Å². The third-order valence-electron chi connectivity index (χ3n) is 3.66. The molecule has 2 N–H and O–H groups in total. The highest BCUT2D eigenvalue weighted by atomic mass is 35.5. The Hall–Kier alpha value is -2.76. The lowest BCUT2D eigenvalue weighted by molar-refractivity contribution is -0.137. The van der Waals surface area contributed by atoms with E-state index in [0.29, 0.717) is 22.6 Å². The number of hydrogen-bond donors (Lipinski definition) is 1. The molecule has 9 heteroatoms. The average molecular weight is 383 g/mol. The van der Waals surface area contributed by atoms with Gasteiger partial charge in [-0.2, -0.15) is 23.5 Å². The van der Waals surface area contributed by atoms with E-state index in [-0.39, 0.29) is 25.6 Å². The maximum Gasteiger partial charge on any atom is 0.416 e. The van der Waals surface area contributed by atoms with Crippen molar-refractivity contribution >= 4 is 23.3 Å². The van der Waals surface area contributed by atoms with Crippen LogP contribution in [0, 0.1) is 11.3 Å². The van der Waals surface area contributed by atoms with Crippen molar-refractivity contribution < 1.29 is 17.9 Å². The molecule has 0 amide bonds. The number of hydrogen-bond acceptors (Lipinski definition) is 4. The minimum Gasteiger partial charge on any atom is -0.479 e. The topological polar surface area (TPSA) is 76.9 Å². The molecule has 0 saturated carbocycles. The molecule has 0 radical (unpaired) electrons. The predicted octanol–water partition coefficient (Wildman–Crippen LogP) is 3.83. The molecule has 0 unspecified atom stereocenters. The van der Waals surface area contributed by atoms with Gasteiger partial charge in [-0.05, 0) is 42.5 Å². The van der Waals surface area contributed by atoms with Gasteiger partial charge in [-0.15, -0.1) is 12.4 Å². The molecule has 26 heavy (non-hydrogen) atoms. The summed E-state index contributed by atoms with van der Waals surface area (Å²) < 4.78 is 44.9. The van der Waals surface area contributed by atoms with Crippen LogP contribution in [0.5, 0.6) is 5.75 Å². The summed E-state index contributed by atoms with van der Waals surface area (Å²) in [7, 11) is 0. The molecular weight excluding hydrogens is 369 g/mol. The molecule has 0 saturated heterocycles. The molecule has 0 aliphatic heterocycles. The van der Waals surface area contributed by atoms with E-state index in [2.05, 4.69) is 5.10 Å². The number of nitriles is 1. The van der Waals surface area contributed by atoms with E-state index < -0.39 is 11.7 Å². The number of ether oxygens (including phenoxy) is 1. The van der Waals surface area contributed by atoms with Gasteiger partial charge < -0.3 is 10.5 Å². The third kappa shape index (κ3) is 3.74. The molecule has 1 heterocycles. The zero-order valence-corrected chi connectivity index (χ0v) is 14.1. The molecule has 0 spiro atoms. The van der Waals surface area contributed by atoms with Crippen LogP contribution in [-0.4, -0.2) is 16.4 Å². The number of halogens is 4. The Labute approximate surface area is 153 Å². The molecule has 0 atom stereocenters. The van der Waals surface area contributed by atoms with Gasteiger partial charge in [0.2, 0.25) is 0 Å². The van der Waals surface area contributed by atoms with Crippen molar-refractivity contribution in [2.45, 2.75) is 12.7 Å². The van der Waals surface area contributed by atoms with Crippen LogP contribution in [0.25, 0.3) is 16.6 Å². The van der Waals surface area contributed by atoms with Gasteiger partial charge in [-0.1, -0.05) is 0 Å². The molecule has 0 aliphatic carbocycles. The predicted molar refractivity (Wildman–Crippen MR) is 92.3 cm³/mol. The van der Waals surface area contributed by atoms with E-state index in [4.69, 9.17) is 15.7 Å². The van der Waals surface area contributed by atoms with Crippen molar-refractivity contribution in [1.82, 2.24) is 9.78 Å². The van der Waals surface area contributed by atoms with E-state index in [0.717, 1.165) is 17.5 Å². The first-order valence-electron chi connectivity index (χ1n) is 7.33. The lowest BCUT2D eigenvalue weighted by atomic mass is 10.2. The van der Waals surface area contributed by atoms with Gasteiger partial charge in [0.25, 0.3) is 0 Å². The Kier molecular flexibility index (Phi) is 5.75. The van der Waals surface area contributed by atoms with Crippen molar-refractivity contribution in [2.75, 3.05) is 6.61 Å². The molecule has 3 aromatic rings. The summed E-state index contributed by atoms with van der Waals surface area (Å²) in [6.07, 6.45) is -4.39. The zero-order valence-electron chi connectivity index (χ0n) is 13.3. The molecule has 136 valence electrons. The number of rotatable bonds is 4. The van der Waals surface area contributed by atoms with E-state index in [1.54, 1.807) is 18.2 Å². The van der Waals surface area contributed by atoms with Gasteiger partial charge in [0.1, 0.15) is 11.8 Å². The first kappa shape index (κ1) is 19.6. The van der Waals surface area contributed by atoms with E-state index in [1.807, 2.05) is 6.07 Å². The fourth-order valence-corrected chi connectivity index (χ4v) is 2.50. The highest BCUT2D eigenvalue weighted by Gasteiger charge is 2.30. The van der Waals surface area contributed by atoms with Gasteiger partial charge in [0.15, 0.2) is 6.61 Å². The summed E-state index contributed by atoms with van der Waals surface area (Å²) in [5, 5.41) is 13.7. The Morgan fingerprint density at radius 2 is 1.85 bits per heavy atom. The Bertz CT molecular complexity index is 946. The Balaban J connectivity index is 0.00000243. The van der Waals surface area contributed by atoms with Crippen LogP contribution in [0.4, 0.5) is 13.2 Å². The first-order chi connectivity index (χ1) is 11.9. The summed E-state index contributed by atoms with van der Waals surface area (Å²) in [5.41, 5.74) is 6.75. The van der Waals surface area contributed by atoms with Crippen LogP contribution >= 0.6 is 12.4 Å². The summed E-state index contributed by atoms with van der Waals surface area (Å²) >= 11 is 0. The van der Waals surface area contributed by atoms with Crippen molar-refractivity contribution in [3.8, 4) is 17.5 Å². The standard InChI is InChI=1S/C17H13F3N4O.ClH/c18-17(19,20)11-1-3-12(4-2-11)24-16-6-5-13(25-8-7-21)9-14(16)15(10-22)23-24;/h1-6,9H,8,10,22H2;1H. The van der Waals surface area contributed by atoms with E-state index >= 15 is 0 Å². The monoisotopic (exact) mass is 382 g/mol. The Morgan fingerprint density at radius 1 is 1.15 bits per heavy atom. The molecule has 0 aliphatic rings. The van der Waals surface area contributed by atoms with Crippen molar-refractivity contribution in [3.05, 3.63) is 53.7 Å². The second-order valence-electron chi connectivity index (χ2n) is 5.23.